The number of anilines is 1. The minimum Gasteiger partial charge on any atom is -0.478 e. The molecular weight excluding hydrogens is 374 g/mol. The molecule has 3 aromatic rings. The Hall–Kier alpha value is -2.86. The van der Waals surface area contributed by atoms with Gasteiger partial charge in [-0.1, -0.05) is 28.1 Å². The number of hydrogen-bond acceptors (Lipinski definition) is 3. The highest BCUT2D eigenvalue weighted by molar-refractivity contribution is 9.10. The van der Waals surface area contributed by atoms with Crippen molar-refractivity contribution in [3.05, 3.63) is 70.4 Å². The predicted octanol–water partition coefficient (Wildman–Crippen LogP) is 4.55. The summed E-state index contributed by atoms with van der Waals surface area (Å²) in [6.07, 6.45) is 2.53. The van der Waals surface area contributed by atoms with E-state index in [1.54, 1.807) is 36.4 Å². The van der Waals surface area contributed by atoms with Crippen LogP contribution in [0.5, 0.6) is 0 Å². The highest BCUT2D eigenvalue weighted by atomic mass is 79.9. The molecule has 1 heterocycles. The van der Waals surface area contributed by atoms with Gasteiger partial charge >= 0.3 is 5.97 Å². The van der Waals surface area contributed by atoms with Gasteiger partial charge in [0.25, 0.3) is 5.91 Å². The number of carbonyl (C=O) groups is 2. The summed E-state index contributed by atoms with van der Waals surface area (Å²) in [7, 11) is 0. The van der Waals surface area contributed by atoms with E-state index in [2.05, 4.69) is 21.2 Å². The average molecular weight is 386 g/mol. The summed E-state index contributed by atoms with van der Waals surface area (Å²) in [6, 6.07) is 14.0. The van der Waals surface area contributed by atoms with Crippen LogP contribution in [0.15, 0.2) is 63.5 Å². The maximum absolute atomic E-state index is 12.3. The molecule has 0 atom stereocenters. The van der Waals surface area contributed by atoms with Crippen LogP contribution in [-0.2, 0) is 4.79 Å². The number of rotatable bonds is 4. The number of carboxylic acids is 1. The number of furan rings is 1. The molecule has 0 unspecified atom stereocenters. The molecule has 24 heavy (non-hydrogen) atoms. The average Bonchev–Trinajstić information content (AvgIpc) is 2.97. The molecule has 120 valence electrons. The van der Waals surface area contributed by atoms with E-state index in [9.17, 15) is 9.59 Å². The minimum atomic E-state index is -1.01. The van der Waals surface area contributed by atoms with E-state index in [1.807, 2.05) is 12.1 Å². The monoisotopic (exact) mass is 385 g/mol. The largest absolute Gasteiger partial charge is 0.478 e. The van der Waals surface area contributed by atoms with Crippen LogP contribution < -0.4 is 5.32 Å². The summed E-state index contributed by atoms with van der Waals surface area (Å²) in [6.45, 7) is 0. The molecule has 5 nitrogen and oxygen atoms in total. The van der Waals surface area contributed by atoms with Crippen molar-refractivity contribution >= 4 is 50.5 Å². The molecule has 2 N–H and O–H groups in total. The van der Waals surface area contributed by atoms with E-state index in [0.717, 1.165) is 21.5 Å². The molecule has 0 radical (unpaired) electrons. The zero-order chi connectivity index (χ0) is 17.1. The number of carboxylic acid groups (broad SMARTS) is 1. The second-order valence-corrected chi connectivity index (χ2v) is 5.96. The number of hydrogen-bond donors (Lipinski definition) is 2. The number of aliphatic carboxylic acids is 1. The van der Waals surface area contributed by atoms with Crippen molar-refractivity contribution in [2.75, 3.05) is 5.32 Å². The Morgan fingerprint density at radius 2 is 1.83 bits per heavy atom. The fourth-order valence-corrected chi connectivity index (χ4v) is 2.54. The summed E-state index contributed by atoms with van der Waals surface area (Å²) in [5.74, 6) is -1.14. The first-order chi connectivity index (χ1) is 11.5. The van der Waals surface area contributed by atoms with Crippen LogP contribution in [0.25, 0.3) is 17.0 Å². The van der Waals surface area contributed by atoms with Gasteiger partial charge in [0, 0.05) is 21.6 Å². The Morgan fingerprint density at radius 3 is 2.54 bits per heavy atom. The van der Waals surface area contributed by atoms with Crippen LogP contribution in [0.4, 0.5) is 5.69 Å². The molecule has 0 spiro atoms. The maximum Gasteiger partial charge on any atom is 0.328 e. The number of amides is 1. The number of nitrogens with one attached hydrogen (secondary N) is 1. The van der Waals surface area contributed by atoms with Crippen molar-refractivity contribution in [2.45, 2.75) is 0 Å². The van der Waals surface area contributed by atoms with Crippen LogP contribution in [0.2, 0.25) is 0 Å². The fraction of sp³-hybridized carbons (Fsp3) is 0. The van der Waals surface area contributed by atoms with Gasteiger partial charge in [-0.3, -0.25) is 4.79 Å². The Labute approximate surface area is 145 Å². The molecular formula is C18H12BrNO4. The number of carbonyl (C=O) groups excluding carboxylic acids is 1. The molecule has 1 aromatic heterocycles. The normalized spacial score (nSPS) is 11.0. The van der Waals surface area contributed by atoms with Crippen molar-refractivity contribution in [3.8, 4) is 0 Å². The van der Waals surface area contributed by atoms with Gasteiger partial charge in [-0.05, 0) is 48.0 Å². The second kappa shape index (κ2) is 6.72. The van der Waals surface area contributed by atoms with E-state index in [0.29, 0.717) is 11.3 Å². The molecule has 0 bridgehead atoms. The fourth-order valence-electron chi connectivity index (χ4n) is 2.16. The SMILES string of the molecule is O=C(O)C=Cc1ccc(NC(=O)c2cc3cc(Br)ccc3o2)cc1. The van der Waals surface area contributed by atoms with Crippen LogP contribution in [0.1, 0.15) is 16.1 Å². The Kier molecular flexibility index (Phi) is 4.48. The van der Waals surface area contributed by atoms with Crippen LogP contribution in [0, 0.1) is 0 Å². The summed E-state index contributed by atoms with van der Waals surface area (Å²) in [5.41, 5.74) is 1.95. The molecule has 0 saturated heterocycles. The highest BCUT2D eigenvalue weighted by Crippen LogP contribution is 2.24. The minimum absolute atomic E-state index is 0.220. The van der Waals surface area contributed by atoms with Gasteiger partial charge in [-0.2, -0.15) is 0 Å². The lowest BCUT2D eigenvalue weighted by molar-refractivity contribution is -0.131. The van der Waals surface area contributed by atoms with Gasteiger partial charge in [0.1, 0.15) is 5.58 Å². The third kappa shape index (κ3) is 3.72. The third-order valence-electron chi connectivity index (χ3n) is 3.29. The first-order valence-electron chi connectivity index (χ1n) is 7.03. The van der Waals surface area contributed by atoms with Gasteiger partial charge < -0.3 is 14.8 Å². The Balaban J connectivity index is 1.74. The first kappa shape index (κ1) is 16.0. The Bertz CT molecular complexity index is 941. The lowest BCUT2D eigenvalue weighted by Crippen LogP contribution is -2.10. The van der Waals surface area contributed by atoms with Crippen LogP contribution >= 0.6 is 15.9 Å². The van der Waals surface area contributed by atoms with E-state index in [-0.39, 0.29) is 11.7 Å². The van der Waals surface area contributed by atoms with Crippen molar-refractivity contribution in [1.29, 1.82) is 0 Å². The molecule has 0 fully saturated rings. The van der Waals surface area contributed by atoms with Crippen molar-refractivity contribution < 1.29 is 19.1 Å². The van der Waals surface area contributed by atoms with E-state index in [1.165, 1.54) is 6.08 Å². The molecule has 2 aromatic carbocycles. The summed E-state index contributed by atoms with van der Waals surface area (Å²) < 4.78 is 6.45. The second-order valence-electron chi connectivity index (χ2n) is 5.04. The standard InChI is InChI=1S/C18H12BrNO4/c19-13-4-7-15-12(9-13)10-16(24-15)18(23)20-14-5-1-11(2-6-14)3-8-17(21)22/h1-10H,(H,20,23)(H,21,22). The molecule has 0 aliphatic heterocycles. The van der Waals surface area contributed by atoms with Crippen molar-refractivity contribution in [1.82, 2.24) is 0 Å². The first-order valence-corrected chi connectivity index (χ1v) is 7.82. The number of halogens is 1. The lowest BCUT2D eigenvalue weighted by atomic mass is 10.2. The van der Waals surface area contributed by atoms with Gasteiger partial charge in [0.2, 0.25) is 0 Å². The summed E-state index contributed by atoms with van der Waals surface area (Å²) in [5, 5.41) is 12.2. The number of benzene rings is 2. The van der Waals surface area contributed by atoms with E-state index >= 15 is 0 Å². The summed E-state index contributed by atoms with van der Waals surface area (Å²) in [4.78, 5) is 22.7. The van der Waals surface area contributed by atoms with Crippen molar-refractivity contribution in [2.24, 2.45) is 0 Å². The maximum atomic E-state index is 12.3. The van der Waals surface area contributed by atoms with Gasteiger partial charge in [-0.15, -0.1) is 0 Å². The topological polar surface area (TPSA) is 79.5 Å². The van der Waals surface area contributed by atoms with Gasteiger partial charge in [0.05, 0.1) is 0 Å². The number of fused-ring (bicyclic) bond motifs is 1. The summed E-state index contributed by atoms with van der Waals surface area (Å²) >= 11 is 3.38. The molecule has 3 rings (SSSR count). The predicted molar refractivity (Wildman–Crippen MR) is 95.0 cm³/mol. The van der Waals surface area contributed by atoms with Crippen molar-refractivity contribution in [3.63, 3.8) is 0 Å². The zero-order valence-corrected chi connectivity index (χ0v) is 13.9. The van der Waals surface area contributed by atoms with Crippen LogP contribution in [0.3, 0.4) is 0 Å². The van der Waals surface area contributed by atoms with Gasteiger partial charge in [-0.25, -0.2) is 4.79 Å². The smallest absolute Gasteiger partial charge is 0.328 e. The molecule has 1 amide bonds. The molecule has 0 saturated carbocycles. The van der Waals surface area contributed by atoms with E-state index < -0.39 is 5.97 Å². The zero-order valence-electron chi connectivity index (χ0n) is 12.3. The quantitative estimate of drug-likeness (QED) is 0.645. The molecule has 6 heteroatoms. The molecule has 0 aliphatic rings. The molecule has 0 aliphatic carbocycles. The van der Waals surface area contributed by atoms with E-state index in [4.69, 9.17) is 9.52 Å². The highest BCUT2D eigenvalue weighted by Gasteiger charge is 2.12. The lowest BCUT2D eigenvalue weighted by Gasteiger charge is -2.03. The third-order valence-corrected chi connectivity index (χ3v) is 3.78. The van der Waals surface area contributed by atoms with Crippen LogP contribution in [-0.4, -0.2) is 17.0 Å². The van der Waals surface area contributed by atoms with Gasteiger partial charge in [0.15, 0.2) is 5.76 Å². The Morgan fingerprint density at radius 1 is 1.08 bits per heavy atom.